The van der Waals surface area contributed by atoms with E-state index in [0.717, 1.165) is 31.5 Å². The van der Waals surface area contributed by atoms with Crippen LogP contribution >= 0.6 is 0 Å². The van der Waals surface area contributed by atoms with Crippen LogP contribution in [0.15, 0.2) is 4.99 Å². The van der Waals surface area contributed by atoms with Gasteiger partial charge in [0.1, 0.15) is 5.60 Å². The summed E-state index contributed by atoms with van der Waals surface area (Å²) in [5.74, 6) is 0. The van der Waals surface area contributed by atoms with E-state index in [1.165, 1.54) is 0 Å². The van der Waals surface area contributed by atoms with Crippen LogP contribution < -0.4 is 0 Å². The molecule has 1 N–H and O–H groups in total. The summed E-state index contributed by atoms with van der Waals surface area (Å²) in [4.78, 5) is 4.25. The third-order valence-electron chi connectivity index (χ3n) is 2.32. The number of rotatable bonds is 5. The van der Waals surface area contributed by atoms with Crippen molar-refractivity contribution in [3.05, 3.63) is 0 Å². The molecule has 0 saturated heterocycles. The Hall–Kier alpha value is 0.955. The van der Waals surface area contributed by atoms with Crippen molar-refractivity contribution in [2.24, 2.45) is 4.99 Å². The Kier molecular flexibility index (Phi) is 10.4. The molecule has 0 bridgehead atoms. The third-order valence-corrected chi connectivity index (χ3v) is 2.32. The molecule has 3 heteroatoms. The van der Waals surface area contributed by atoms with Crippen LogP contribution in [-0.2, 0) is 0 Å². The smallest absolute Gasteiger partial charge is 0.102 e. The zero-order chi connectivity index (χ0) is 9.61. The molecule has 0 rings (SSSR count). The van der Waals surface area contributed by atoms with Crippen LogP contribution in [0.3, 0.4) is 0 Å². The van der Waals surface area contributed by atoms with Crippen molar-refractivity contribution in [3.63, 3.8) is 0 Å². The summed E-state index contributed by atoms with van der Waals surface area (Å²) in [7, 11) is 0. The summed E-state index contributed by atoms with van der Waals surface area (Å²) in [5.41, 5.74) is 0.236. The molecule has 1 atom stereocenters. The van der Waals surface area contributed by atoms with Crippen molar-refractivity contribution in [1.82, 2.24) is 0 Å². The van der Waals surface area contributed by atoms with Crippen molar-refractivity contribution in [1.29, 1.82) is 0 Å². The standard InChI is InChI=1S/C10H21NO.Gd/c1-5-8-10(12,6-2)9(4)11-7-3;/h12H,5-8H2,1-4H3;. The summed E-state index contributed by atoms with van der Waals surface area (Å²) >= 11 is 0. The predicted octanol–water partition coefficient (Wildman–Crippen LogP) is 2.41. The van der Waals surface area contributed by atoms with Crippen molar-refractivity contribution >= 4 is 5.71 Å². The molecule has 0 aliphatic rings. The first-order valence-corrected chi connectivity index (χ1v) is 4.84. The molecule has 0 fully saturated rings. The summed E-state index contributed by atoms with van der Waals surface area (Å²) in [6.07, 6.45) is 2.58. The van der Waals surface area contributed by atoms with Crippen LogP contribution in [0, 0.1) is 39.9 Å². The molecule has 1 unspecified atom stereocenters. The first-order valence-electron chi connectivity index (χ1n) is 4.84. The second kappa shape index (κ2) is 8.28. The average molecular weight is 329 g/mol. The van der Waals surface area contributed by atoms with Gasteiger partial charge in [-0.05, 0) is 26.7 Å². The molecule has 0 radical (unpaired) electrons. The van der Waals surface area contributed by atoms with Gasteiger partial charge in [0.05, 0.1) is 0 Å². The number of aliphatic imine (C=N–C) groups is 1. The maximum atomic E-state index is 10.1. The molecule has 80 valence electrons. The minimum absolute atomic E-state index is 0. The zero-order valence-electron chi connectivity index (χ0n) is 9.08. The summed E-state index contributed by atoms with van der Waals surface area (Å²) < 4.78 is 0. The SMILES string of the molecule is CCCC(O)(CC)C(C)=NCC.[Gd]. The first kappa shape index (κ1) is 16.4. The van der Waals surface area contributed by atoms with Gasteiger partial charge in [-0.3, -0.25) is 4.99 Å². The van der Waals surface area contributed by atoms with Gasteiger partial charge >= 0.3 is 0 Å². The van der Waals surface area contributed by atoms with Crippen LogP contribution in [0.1, 0.15) is 47.0 Å². The number of hydrogen-bond donors (Lipinski definition) is 1. The fourth-order valence-corrected chi connectivity index (χ4v) is 1.41. The molecule has 0 aliphatic heterocycles. The van der Waals surface area contributed by atoms with Crippen molar-refractivity contribution in [2.75, 3.05) is 6.54 Å². The van der Waals surface area contributed by atoms with E-state index in [1.807, 2.05) is 20.8 Å². The van der Waals surface area contributed by atoms with Gasteiger partial charge in [0.2, 0.25) is 0 Å². The Labute approximate surface area is 114 Å². The van der Waals surface area contributed by atoms with E-state index in [2.05, 4.69) is 11.9 Å². The predicted molar refractivity (Wildman–Crippen MR) is 53.8 cm³/mol. The molecular weight excluding hydrogens is 307 g/mol. The normalized spacial score (nSPS) is 16.2. The number of hydrogen-bond acceptors (Lipinski definition) is 2. The Morgan fingerprint density at radius 2 is 1.85 bits per heavy atom. The van der Waals surface area contributed by atoms with Crippen LogP contribution in [-0.4, -0.2) is 23.0 Å². The van der Waals surface area contributed by atoms with Crippen LogP contribution in [0.25, 0.3) is 0 Å². The second-order valence-corrected chi connectivity index (χ2v) is 3.19. The molecule has 13 heavy (non-hydrogen) atoms. The maximum Gasteiger partial charge on any atom is 0.102 e. The molecular formula is C10H21GdNO. The van der Waals surface area contributed by atoms with Gasteiger partial charge in [0.15, 0.2) is 0 Å². The topological polar surface area (TPSA) is 32.6 Å². The summed E-state index contributed by atoms with van der Waals surface area (Å²) in [6, 6.07) is 0. The van der Waals surface area contributed by atoms with E-state index in [-0.39, 0.29) is 39.9 Å². The van der Waals surface area contributed by atoms with Gasteiger partial charge in [0.25, 0.3) is 0 Å². The Bertz CT molecular complexity index is 159. The minimum atomic E-state index is -0.648. The van der Waals surface area contributed by atoms with Crippen LogP contribution in [0.2, 0.25) is 0 Å². The van der Waals surface area contributed by atoms with Gasteiger partial charge in [-0.2, -0.15) is 0 Å². The second-order valence-electron chi connectivity index (χ2n) is 3.19. The van der Waals surface area contributed by atoms with Crippen molar-refractivity contribution in [2.45, 2.75) is 52.6 Å². The van der Waals surface area contributed by atoms with Crippen LogP contribution in [0.5, 0.6) is 0 Å². The van der Waals surface area contributed by atoms with Gasteiger partial charge in [-0.25, -0.2) is 0 Å². The molecule has 0 aliphatic carbocycles. The summed E-state index contributed by atoms with van der Waals surface area (Å²) in [5, 5.41) is 10.1. The largest absolute Gasteiger partial charge is 0.384 e. The zero-order valence-corrected chi connectivity index (χ0v) is 11.3. The quantitative estimate of drug-likeness (QED) is 0.772. The van der Waals surface area contributed by atoms with Gasteiger partial charge < -0.3 is 5.11 Å². The molecule has 0 spiro atoms. The minimum Gasteiger partial charge on any atom is -0.384 e. The fourth-order valence-electron chi connectivity index (χ4n) is 1.41. The van der Waals surface area contributed by atoms with E-state index < -0.39 is 5.60 Å². The van der Waals surface area contributed by atoms with Crippen molar-refractivity contribution in [3.8, 4) is 0 Å². The molecule has 0 aromatic carbocycles. The maximum absolute atomic E-state index is 10.1. The van der Waals surface area contributed by atoms with E-state index >= 15 is 0 Å². The summed E-state index contributed by atoms with van der Waals surface area (Å²) in [6.45, 7) is 8.76. The Balaban J connectivity index is 0. The van der Waals surface area contributed by atoms with E-state index in [0.29, 0.717) is 0 Å². The molecule has 0 heterocycles. The molecule has 0 aromatic rings. The first-order chi connectivity index (χ1) is 5.60. The van der Waals surface area contributed by atoms with E-state index in [1.54, 1.807) is 0 Å². The van der Waals surface area contributed by atoms with Gasteiger partial charge in [0, 0.05) is 52.2 Å². The van der Waals surface area contributed by atoms with Gasteiger partial charge in [-0.1, -0.05) is 20.3 Å². The van der Waals surface area contributed by atoms with Gasteiger partial charge in [-0.15, -0.1) is 0 Å². The Morgan fingerprint density at radius 3 is 2.15 bits per heavy atom. The Morgan fingerprint density at radius 1 is 1.31 bits per heavy atom. The average Bonchev–Trinajstić information content (AvgIpc) is 2.05. The van der Waals surface area contributed by atoms with Crippen LogP contribution in [0.4, 0.5) is 0 Å². The van der Waals surface area contributed by atoms with Crippen molar-refractivity contribution < 1.29 is 45.0 Å². The number of nitrogens with zero attached hydrogens (tertiary/aromatic N) is 1. The number of aliphatic hydroxyl groups is 1. The molecule has 0 saturated carbocycles. The molecule has 0 amide bonds. The van der Waals surface area contributed by atoms with E-state index in [9.17, 15) is 5.11 Å². The monoisotopic (exact) mass is 329 g/mol. The van der Waals surface area contributed by atoms with E-state index in [4.69, 9.17) is 0 Å². The third kappa shape index (κ3) is 5.41. The molecule has 2 nitrogen and oxygen atoms in total. The fraction of sp³-hybridized carbons (Fsp3) is 0.900. The molecule has 0 aromatic heterocycles.